The van der Waals surface area contributed by atoms with E-state index in [1.54, 1.807) is 24.3 Å². The van der Waals surface area contributed by atoms with Crippen LogP contribution in [0.3, 0.4) is 0 Å². The van der Waals surface area contributed by atoms with Crippen LogP contribution in [0, 0.1) is 13.8 Å². The van der Waals surface area contributed by atoms with E-state index in [1.807, 2.05) is 26.0 Å². The molecule has 0 unspecified atom stereocenters. The molecule has 0 radical (unpaired) electrons. The third kappa shape index (κ3) is 6.81. The standard InChI is InChI=1S/C29H32ClN3O4/c1-20-15-24(16-21(2)28(20)30)37-19-27(34)31-25-17-23(29(35)36-3)9-10-26(25)33-13-11-32(12-14-33)18-22-7-5-4-6-8-22/h4-10,15-17H,11-14,18-19H2,1-3H3,(H,31,34). The van der Waals surface area contributed by atoms with Crippen molar-refractivity contribution in [2.45, 2.75) is 20.4 Å². The average molecular weight is 522 g/mol. The number of piperazine rings is 1. The number of carbonyl (C=O) groups is 2. The summed E-state index contributed by atoms with van der Waals surface area (Å²) in [5.41, 5.74) is 4.84. The lowest BCUT2D eigenvalue weighted by molar-refractivity contribution is -0.118. The molecule has 0 saturated carbocycles. The molecule has 1 saturated heterocycles. The molecule has 4 rings (SSSR count). The summed E-state index contributed by atoms with van der Waals surface area (Å²) in [6.45, 7) is 7.89. The third-order valence-electron chi connectivity index (χ3n) is 6.43. The number of methoxy groups -OCH3 is 1. The molecule has 1 heterocycles. The van der Waals surface area contributed by atoms with Crippen molar-refractivity contribution in [1.82, 2.24) is 4.90 Å². The first kappa shape index (κ1) is 26.5. The summed E-state index contributed by atoms with van der Waals surface area (Å²) in [4.78, 5) is 29.7. The predicted octanol–water partition coefficient (Wildman–Crippen LogP) is 5.08. The largest absolute Gasteiger partial charge is 0.484 e. The van der Waals surface area contributed by atoms with Crippen molar-refractivity contribution in [1.29, 1.82) is 0 Å². The number of halogens is 1. The topological polar surface area (TPSA) is 71.1 Å². The van der Waals surface area contributed by atoms with Crippen LogP contribution in [0.15, 0.2) is 60.7 Å². The number of hydrogen-bond donors (Lipinski definition) is 1. The normalized spacial score (nSPS) is 13.8. The summed E-state index contributed by atoms with van der Waals surface area (Å²) in [5, 5.41) is 3.62. The molecule has 0 bridgehead atoms. The summed E-state index contributed by atoms with van der Waals surface area (Å²) in [7, 11) is 1.34. The van der Waals surface area contributed by atoms with Crippen LogP contribution in [0.25, 0.3) is 0 Å². The molecule has 1 fully saturated rings. The van der Waals surface area contributed by atoms with Crippen LogP contribution >= 0.6 is 11.6 Å². The van der Waals surface area contributed by atoms with Crippen LogP contribution < -0.4 is 15.0 Å². The van der Waals surface area contributed by atoms with E-state index in [4.69, 9.17) is 21.1 Å². The Balaban J connectivity index is 1.44. The van der Waals surface area contributed by atoms with Gasteiger partial charge in [0.05, 0.1) is 24.0 Å². The number of anilines is 2. The van der Waals surface area contributed by atoms with E-state index >= 15 is 0 Å². The van der Waals surface area contributed by atoms with Gasteiger partial charge in [0.2, 0.25) is 0 Å². The highest BCUT2D eigenvalue weighted by Gasteiger charge is 2.22. The van der Waals surface area contributed by atoms with E-state index in [0.717, 1.165) is 49.5 Å². The van der Waals surface area contributed by atoms with Crippen molar-refractivity contribution in [3.8, 4) is 5.75 Å². The first-order valence-electron chi connectivity index (χ1n) is 12.3. The number of nitrogens with one attached hydrogen (secondary N) is 1. The zero-order valence-electron chi connectivity index (χ0n) is 21.4. The van der Waals surface area contributed by atoms with Crippen LogP contribution in [0.4, 0.5) is 11.4 Å². The van der Waals surface area contributed by atoms with Gasteiger partial charge in [-0.05, 0) is 60.9 Å². The van der Waals surface area contributed by atoms with E-state index < -0.39 is 5.97 Å². The van der Waals surface area contributed by atoms with Crippen molar-refractivity contribution in [2.75, 3.05) is 50.1 Å². The van der Waals surface area contributed by atoms with Gasteiger partial charge in [-0.25, -0.2) is 4.79 Å². The monoisotopic (exact) mass is 521 g/mol. The molecule has 0 spiro atoms. The zero-order chi connectivity index (χ0) is 26.4. The van der Waals surface area contributed by atoms with Crippen LogP contribution in [0.1, 0.15) is 27.0 Å². The molecule has 3 aromatic rings. The SMILES string of the molecule is COC(=O)c1ccc(N2CCN(Cc3ccccc3)CC2)c(NC(=O)COc2cc(C)c(Cl)c(C)c2)c1. The lowest BCUT2D eigenvalue weighted by atomic mass is 10.1. The lowest BCUT2D eigenvalue weighted by Gasteiger charge is -2.37. The fourth-order valence-corrected chi connectivity index (χ4v) is 4.58. The third-order valence-corrected chi connectivity index (χ3v) is 7.03. The van der Waals surface area contributed by atoms with Gasteiger partial charge < -0.3 is 19.7 Å². The Hall–Kier alpha value is -3.55. The predicted molar refractivity (Wildman–Crippen MR) is 147 cm³/mol. The van der Waals surface area contributed by atoms with Gasteiger partial charge in [-0.1, -0.05) is 41.9 Å². The maximum absolute atomic E-state index is 12.9. The van der Waals surface area contributed by atoms with E-state index in [9.17, 15) is 9.59 Å². The van der Waals surface area contributed by atoms with Crippen molar-refractivity contribution in [2.24, 2.45) is 0 Å². The van der Waals surface area contributed by atoms with Gasteiger partial charge in [0.25, 0.3) is 5.91 Å². The number of hydrogen-bond acceptors (Lipinski definition) is 6. The highest BCUT2D eigenvalue weighted by atomic mass is 35.5. The van der Waals surface area contributed by atoms with E-state index in [2.05, 4.69) is 39.4 Å². The summed E-state index contributed by atoms with van der Waals surface area (Å²) < 4.78 is 10.6. The Bertz CT molecular complexity index is 1230. The van der Waals surface area contributed by atoms with Crippen LogP contribution in [-0.4, -0.2) is 56.7 Å². The second kappa shape index (κ2) is 12.1. The fraction of sp³-hybridized carbons (Fsp3) is 0.310. The second-order valence-corrected chi connectivity index (χ2v) is 9.56. The summed E-state index contributed by atoms with van der Waals surface area (Å²) in [6, 6.07) is 19.3. The number of rotatable bonds is 8. The highest BCUT2D eigenvalue weighted by molar-refractivity contribution is 6.32. The molecule has 37 heavy (non-hydrogen) atoms. The smallest absolute Gasteiger partial charge is 0.337 e. The minimum atomic E-state index is -0.460. The lowest BCUT2D eigenvalue weighted by Crippen LogP contribution is -2.46. The molecule has 1 aliphatic heterocycles. The number of nitrogens with zero attached hydrogens (tertiary/aromatic N) is 2. The van der Waals surface area contributed by atoms with Crippen molar-refractivity contribution in [3.05, 3.63) is 87.9 Å². The quantitative estimate of drug-likeness (QED) is 0.417. The first-order valence-corrected chi connectivity index (χ1v) is 12.6. The number of benzene rings is 3. The van der Waals surface area contributed by atoms with Crippen molar-refractivity contribution < 1.29 is 19.1 Å². The zero-order valence-corrected chi connectivity index (χ0v) is 22.2. The van der Waals surface area contributed by atoms with E-state index in [1.165, 1.54) is 12.7 Å². The summed E-state index contributed by atoms with van der Waals surface area (Å²) in [5.74, 6) is -0.207. The van der Waals surface area contributed by atoms with Crippen LogP contribution in [-0.2, 0) is 16.1 Å². The molecular weight excluding hydrogens is 490 g/mol. The molecule has 8 heteroatoms. The molecule has 1 N–H and O–H groups in total. The maximum Gasteiger partial charge on any atom is 0.337 e. The van der Waals surface area contributed by atoms with Gasteiger partial charge in [-0.15, -0.1) is 0 Å². The van der Waals surface area contributed by atoms with Crippen molar-refractivity contribution in [3.63, 3.8) is 0 Å². The molecule has 0 aliphatic carbocycles. The number of ether oxygens (including phenoxy) is 2. The Morgan fingerprint density at radius 3 is 2.27 bits per heavy atom. The first-order chi connectivity index (χ1) is 17.8. The molecule has 0 atom stereocenters. The van der Waals surface area contributed by atoms with Gasteiger partial charge in [-0.2, -0.15) is 0 Å². The minimum absolute atomic E-state index is 0.173. The Kier molecular flexibility index (Phi) is 8.69. The molecule has 1 aliphatic rings. The number of carbonyl (C=O) groups excluding carboxylic acids is 2. The summed E-state index contributed by atoms with van der Waals surface area (Å²) in [6.07, 6.45) is 0. The van der Waals surface area contributed by atoms with Gasteiger partial charge >= 0.3 is 5.97 Å². The number of amides is 1. The van der Waals surface area contributed by atoms with Gasteiger partial charge in [0.15, 0.2) is 6.61 Å². The van der Waals surface area contributed by atoms with Crippen LogP contribution in [0.2, 0.25) is 5.02 Å². The van der Waals surface area contributed by atoms with Gasteiger partial charge in [0, 0.05) is 37.7 Å². The van der Waals surface area contributed by atoms with Gasteiger partial charge in [0.1, 0.15) is 5.75 Å². The van der Waals surface area contributed by atoms with Crippen LogP contribution in [0.5, 0.6) is 5.75 Å². The second-order valence-electron chi connectivity index (χ2n) is 9.18. The minimum Gasteiger partial charge on any atom is -0.484 e. The van der Waals surface area contributed by atoms with E-state index in [0.29, 0.717) is 22.0 Å². The van der Waals surface area contributed by atoms with E-state index in [-0.39, 0.29) is 12.5 Å². The molecule has 3 aromatic carbocycles. The average Bonchev–Trinajstić information content (AvgIpc) is 2.91. The molecular formula is C29H32ClN3O4. The highest BCUT2D eigenvalue weighted by Crippen LogP contribution is 2.30. The maximum atomic E-state index is 12.9. The molecule has 0 aromatic heterocycles. The van der Waals surface area contributed by atoms with Crippen molar-refractivity contribution >= 4 is 34.9 Å². The fourth-order valence-electron chi connectivity index (χ4n) is 4.47. The molecule has 1 amide bonds. The Labute approximate surface area is 222 Å². The number of aryl methyl sites for hydroxylation is 2. The Morgan fingerprint density at radius 2 is 1.62 bits per heavy atom. The van der Waals surface area contributed by atoms with Gasteiger partial charge in [-0.3, -0.25) is 9.69 Å². The number of esters is 1. The summed E-state index contributed by atoms with van der Waals surface area (Å²) >= 11 is 6.23. The Morgan fingerprint density at radius 1 is 0.946 bits per heavy atom. The molecule has 194 valence electrons. The molecule has 7 nitrogen and oxygen atoms in total.